The van der Waals surface area contributed by atoms with Crippen molar-refractivity contribution in [3.63, 3.8) is 0 Å². The highest BCUT2D eigenvalue weighted by atomic mass is 16.5. The van der Waals surface area contributed by atoms with Gasteiger partial charge in [-0.15, -0.1) is 0 Å². The molecule has 0 heterocycles. The van der Waals surface area contributed by atoms with E-state index in [1.807, 2.05) is 0 Å². The molecule has 1 N–H and O–H groups in total. The summed E-state index contributed by atoms with van der Waals surface area (Å²) in [5.41, 5.74) is -0.0269. The Morgan fingerprint density at radius 3 is 2.50 bits per heavy atom. The van der Waals surface area contributed by atoms with Crippen molar-refractivity contribution in [1.29, 1.82) is 0 Å². The molecule has 0 bridgehead atoms. The number of methoxy groups -OCH3 is 1. The van der Waals surface area contributed by atoms with Gasteiger partial charge in [-0.25, -0.2) is 0 Å². The van der Waals surface area contributed by atoms with Crippen LogP contribution >= 0.6 is 0 Å². The molecule has 0 aromatic rings. The van der Waals surface area contributed by atoms with Gasteiger partial charge in [-0.2, -0.15) is 0 Å². The van der Waals surface area contributed by atoms with Crippen LogP contribution in [0, 0.1) is 5.92 Å². The van der Waals surface area contributed by atoms with E-state index in [0.29, 0.717) is 0 Å². The average molecular weight is 199 g/mol. The van der Waals surface area contributed by atoms with Crippen molar-refractivity contribution in [1.82, 2.24) is 5.32 Å². The molecule has 1 saturated carbocycles. The van der Waals surface area contributed by atoms with Gasteiger partial charge in [0.05, 0.1) is 5.60 Å². The van der Waals surface area contributed by atoms with E-state index in [-0.39, 0.29) is 5.60 Å². The first-order chi connectivity index (χ1) is 6.59. The van der Waals surface area contributed by atoms with Crippen LogP contribution in [0.3, 0.4) is 0 Å². The summed E-state index contributed by atoms with van der Waals surface area (Å²) in [4.78, 5) is 0. The summed E-state index contributed by atoms with van der Waals surface area (Å²) in [6.07, 6.45) is 5.43. The van der Waals surface area contributed by atoms with E-state index in [9.17, 15) is 0 Å². The fraction of sp³-hybridized carbons (Fsp3) is 1.00. The molecule has 1 fully saturated rings. The van der Waals surface area contributed by atoms with Gasteiger partial charge in [-0.3, -0.25) is 0 Å². The highest BCUT2D eigenvalue weighted by molar-refractivity contribution is 4.87. The standard InChI is InChI=1S/C12H25NO/c1-5-6-11(10-7-8-10)13-9-12(2,3)14-4/h10-11,13H,5-9H2,1-4H3. The van der Waals surface area contributed by atoms with Crippen molar-refractivity contribution < 1.29 is 4.74 Å². The van der Waals surface area contributed by atoms with Crippen LogP contribution in [0.2, 0.25) is 0 Å². The molecular weight excluding hydrogens is 174 g/mol. The van der Waals surface area contributed by atoms with Gasteiger partial charge >= 0.3 is 0 Å². The first-order valence-corrected chi connectivity index (χ1v) is 5.87. The van der Waals surface area contributed by atoms with Gasteiger partial charge in [0, 0.05) is 19.7 Å². The maximum absolute atomic E-state index is 5.40. The summed E-state index contributed by atoms with van der Waals surface area (Å²) in [7, 11) is 1.79. The van der Waals surface area contributed by atoms with E-state index in [4.69, 9.17) is 4.74 Å². The number of rotatable bonds is 7. The van der Waals surface area contributed by atoms with Crippen LogP contribution < -0.4 is 5.32 Å². The van der Waals surface area contributed by atoms with Crippen molar-refractivity contribution in [2.24, 2.45) is 5.92 Å². The minimum atomic E-state index is -0.0269. The molecule has 1 aliphatic carbocycles. The van der Waals surface area contributed by atoms with E-state index in [1.54, 1.807) is 7.11 Å². The number of hydrogen-bond donors (Lipinski definition) is 1. The Kier molecular flexibility index (Phi) is 4.39. The second-order valence-electron chi connectivity index (χ2n) is 5.08. The average Bonchev–Trinajstić information content (AvgIpc) is 2.95. The second-order valence-corrected chi connectivity index (χ2v) is 5.08. The summed E-state index contributed by atoms with van der Waals surface area (Å²) >= 11 is 0. The van der Waals surface area contributed by atoms with Crippen LogP contribution in [0.5, 0.6) is 0 Å². The van der Waals surface area contributed by atoms with Gasteiger partial charge in [-0.1, -0.05) is 13.3 Å². The van der Waals surface area contributed by atoms with Crippen LogP contribution in [0.4, 0.5) is 0 Å². The molecular formula is C12H25NO. The van der Waals surface area contributed by atoms with Crippen molar-refractivity contribution in [2.75, 3.05) is 13.7 Å². The molecule has 0 radical (unpaired) electrons. The highest BCUT2D eigenvalue weighted by Gasteiger charge is 2.31. The quantitative estimate of drug-likeness (QED) is 0.680. The largest absolute Gasteiger partial charge is 0.377 e. The molecule has 84 valence electrons. The molecule has 14 heavy (non-hydrogen) atoms. The lowest BCUT2D eigenvalue weighted by atomic mass is 10.0. The maximum atomic E-state index is 5.40. The van der Waals surface area contributed by atoms with Crippen molar-refractivity contribution in [3.8, 4) is 0 Å². The van der Waals surface area contributed by atoms with Crippen molar-refractivity contribution in [3.05, 3.63) is 0 Å². The van der Waals surface area contributed by atoms with Crippen LogP contribution in [-0.4, -0.2) is 25.3 Å². The predicted molar refractivity (Wildman–Crippen MR) is 60.5 cm³/mol. The molecule has 0 aromatic heterocycles. The Morgan fingerprint density at radius 2 is 2.07 bits per heavy atom. The van der Waals surface area contributed by atoms with E-state index in [2.05, 4.69) is 26.1 Å². The number of ether oxygens (including phenoxy) is 1. The van der Waals surface area contributed by atoms with E-state index >= 15 is 0 Å². The Morgan fingerprint density at radius 1 is 1.43 bits per heavy atom. The Hall–Kier alpha value is -0.0800. The lowest BCUT2D eigenvalue weighted by Crippen LogP contribution is -2.42. The van der Waals surface area contributed by atoms with Gasteiger partial charge < -0.3 is 10.1 Å². The Balaban J connectivity index is 2.25. The summed E-state index contributed by atoms with van der Waals surface area (Å²) in [6, 6.07) is 0.731. The second kappa shape index (κ2) is 5.13. The number of nitrogens with one attached hydrogen (secondary N) is 1. The smallest absolute Gasteiger partial charge is 0.0746 e. The predicted octanol–water partition coefficient (Wildman–Crippen LogP) is 2.58. The molecule has 0 amide bonds. The van der Waals surface area contributed by atoms with E-state index in [1.165, 1.54) is 25.7 Å². The molecule has 2 nitrogen and oxygen atoms in total. The summed E-state index contributed by atoms with van der Waals surface area (Å²) < 4.78 is 5.40. The normalized spacial score (nSPS) is 19.7. The van der Waals surface area contributed by atoms with Gasteiger partial charge in [0.2, 0.25) is 0 Å². The monoisotopic (exact) mass is 199 g/mol. The SMILES string of the molecule is CCCC(NCC(C)(C)OC)C1CC1. The van der Waals surface area contributed by atoms with Crippen molar-refractivity contribution in [2.45, 2.75) is 58.1 Å². The topological polar surface area (TPSA) is 21.3 Å². The fourth-order valence-electron chi connectivity index (χ4n) is 1.76. The maximum Gasteiger partial charge on any atom is 0.0746 e. The third-order valence-electron chi connectivity index (χ3n) is 3.13. The molecule has 1 rings (SSSR count). The Labute approximate surface area is 88.4 Å². The first kappa shape index (κ1) is 12.0. The van der Waals surface area contributed by atoms with E-state index < -0.39 is 0 Å². The third kappa shape index (κ3) is 3.97. The van der Waals surface area contributed by atoms with Crippen LogP contribution in [0.25, 0.3) is 0 Å². The van der Waals surface area contributed by atoms with Gasteiger partial charge in [-0.05, 0) is 39.0 Å². The lowest BCUT2D eigenvalue weighted by Gasteiger charge is -2.27. The molecule has 1 aliphatic rings. The first-order valence-electron chi connectivity index (χ1n) is 5.87. The Bertz CT molecular complexity index is 164. The van der Waals surface area contributed by atoms with Crippen LogP contribution in [0.1, 0.15) is 46.5 Å². The van der Waals surface area contributed by atoms with Crippen LogP contribution in [0.15, 0.2) is 0 Å². The summed E-state index contributed by atoms with van der Waals surface area (Å²) in [5, 5.41) is 3.65. The number of hydrogen-bond acceptors (Lipinski definition) is 2. The third-order valence-corrected chi connectivity index (χ3v) is 3.13. The fourth-order valence-corrected chi connectivity index (χ4v) is 1.76. The van der Waals surface area contributed by atoms with E-state index in [0.717, 1.165) is 18.5 Å². The van der Waals surface area contributed by atoms with Gasteiger partial charge in [0.25, 0.3) is 0 Å². The molecule has 1 atom stereocenters. The minimum Gasteiger partial charge on any atom is -0.377 e. The zero-order chi connectivity index (χ0) is 10.6. The molecule has 0 spiro atoms. The molecule has 2 heteroatoms. The zero-order valence-corrected chi connectivity index (χ0v) is 10.1. The van der Waals surface area contributed by atoms with Gasteiger partial charge in [0.1, 0.15) is 0 Å². The molecule has 1 unspecified atom stereocenters. The van der Waals surface area contributed by atoms with Crippen LogP contribution in [-0.2, 0) is 4.74 Å². The van der Waals surface area contributed by atoms with Gasteiger partial charge in [0.15, 0.2) is 0 Å². The molecule has 0 saturated heterocycles. The highest BCUT2D eigenvalue weighted by Crippen LogP contribution is 2.34. The summed E-state index contributed by atoms with van der Waals surface area (Å²) in [6.45, 7) is 7.50. The summed E-state index contributed by atoms with van der Waals surface area (Å²) in [5.74, 6) is 0.947. The minimum absolute atomic E-state index is 0.0269. The molecule has 0 aliphatic heterocycles. The molecule has 0 aromatic carbocycles. The zero-order valence-electron chi connectivity index (χ0n) is 10.1. The van der Waals surface area contributed by atoms with Crippen molar-refractivity contribution >= 4 is 0 Å². The lowest BCUT2D eigenvalue weighted by molar-refractivity contribution is 0.0202.